The minimum atomic E-state index is 0.0125. The minimum Gasteiger partial charge on any atom is -0.396 e. The van der Waals surface area contributed by atoms with Gasteiger partial charge in [-0.15, -0.1) is 0 Å². The Morgan fingerprint density at radius 2 is 2.21 bits per heavy atom. The number of hydrogen-bond donors (Lipinski definition) is 2. The Kier molecular flexibility index (Phi) is 4.50. The maximum absolute atomic E-state index is 12.4. The number of aliphatic hydroxyl groups excluding tert-OH is 1. The lowest BCUT2D eigenvalue weighted by Gasteiger charge is -2.16. The van der Waals surface area contributed by atoms with Gasteiger partial charge in [0.2, 0.25) is 0 Å². The van der Waals surface area contributed by atoms with Crippen molar-refractivity contribution in [2.45, 2.75) is 12.8 Å². The van der Waals surface area contributed by atoms with Crippen molar-refractivity contribution in [1.82, 2.24) is 4.90 Å². The third-order valence-electron chi connectivity index (χ3n) is 3.50. The average Bonchev–Trinajstić information content (AvgIpc) is 2.87. The Morgan fingerprint density at radius 1 is 1.47 bits per heavy atom. The number of nitrogens with two attached hydrogens (primary N) is 1. The first-order valence-electron chi connectivity index (χ1n) is 6.42. The number of nitrogens with zero attached hydrogens (tertiary/aromatic N) is 1. The van der Waals surface area contributed by atoms with Crippen molar-refractivity contribution in [3.63, 3.8) is 0 Å². The van der Waals surface area contributed by atoms with Gasteiger partial charge in [-0.3, -0.25) is 4.79 Å². The molecular formula is C14H18N2O2S. The van der Waals surface area contributed by atoms with E-state index < -0.39 is 0 Å². The summed E-state index contributed by atoms with van der Waals surface area (Å²) in [5, 5.41) is 8.93. The summed E-state index contributed by atoms with van der Waals surface area (Å²) in [6.45, 7) is 1.65. The van der Waals surface area contributed by atoms with E-state index in [4.69, 9.17) is 23.1 Å². The number of benzene rings is 1. The fourth-order valence-corrected chi connectivity index (χ4v) is 2.55. The fraction of sp³-hybridized carbons (Fsp3) is 0.429. The molecule has 2 rings (SSSR count). The standard InChI is InChI=1S/C14H18N2O2S/c15-13(19)11-2-1-3-12(8-11)14(18)16-6-4-10(9-16)5-7-17/h1-3,8,10,17H,4-7,9H2,(H2,15,19). The Balaban J connectivity index is 2.08. The van der Waals surface area contributed by atoms with Gasteiger partial charge in [0, 0.05) is 30.8 Å². The number of thiocarbonyl (C=S) groups is 1. The van der Waals surface area contributed by atoms with Crippen LogP contribution in [-0.2, 0) is 0 Å². The zero-order valence-corrected chi connectivity index (χ0v) is 11.5. The van der Waals surface area contributed by atoms with E-state index in [1.54, 1.807) is 24.3 Å². The van der Waals surface area contributed by atoms with Crippen LogP contribution in [0.3, 0.4) is 0 Å². The first-order valence-corrected chi connectivity index (χ1v) is 6.82. The summed E-state index contributed by atoms with van der Waals surface area (Å²) in [4.78, 5) is 14.5. The Morgan fingerprint density at radius 3 is 2.89 bits per heavy atom. The van der Waals surface area contributed by atoms with Crippen LogP contribution in [0.2, 0.25) is 0 Å². The van der Waals surface area contributed by atoms with Gasteiger partial charge >= 0.3 is 0 Å². The number of likely N-dealkylation sites (tertiary alicyclic amines) is 1. The van der Waals surface area contributed by atoms with Crippen molar-refractivity contribution >= 4 is 23.1 Å². The lowest BCUT2D eigenvalue weighted by molar-refractivity contribution is 0.0784. The second-order valence-corrected chi connectivity index (χ2v) is 5.30. The van der Waals surface area contributed by atoms with Crippen LogP contribution in [-0.4, -0.2) is 40.6 Å². The summed E-state index contributed by atoms with van der Waals surface area (Å²) < 4.78 is 0. The molecule has 102 valence electrons. The van der Waals surface area contributed by atoms with Gasteiger partial charge in [-0.25, -0.2) is 0 Å². The van der Waals surface area contributed by atoms with E-state index in [0.717, 1.165) is 25.9 Å². The molecule has 1 aromatic carbocycles. The second kappa shape index (κ2) is 6.12. The third-order valence-corrected chi connectivity index (χ3v) is 3.74. The van der Waals surface area contributed by atoms with Crippen molar-refractivity contribution in [1.29, 1.82) is 0 Å². The quantitative estimate of drug-likeness (QED) is 0.811. The maximum atomic E-state index is 12.4. The molecule has 1 saturated heterocycles. The lowest BCUT2D eigenvalue weighted by Crippen LogP contribution is -2.29. The molecule has 1 aromatic rings. The van der Waals surface area contributed by atoms with E-state index >= 15 is 0 Å². The van der Waals surface area contributed by atoms with Gasteiger partial charge in [0.05, 0.1) is 0 Å². The van der Waals surface area contributed by atoms with E-state index in [2.05, 4.69) is 0 Å². The topological polar surface area (TPSA) is 66.6 Å². The average molecular weight is 278 g/mol. The summed E-state index contributed by atoms with van der Waals surface area (Å²) in [5.41, 5.74) is 6.91. The van der Waals surface area contributed by atoms with Gasteiger partial charge in [0.15, 0.2) is 0 Å². The lowest BCUT2D eigenvalue weighted by atomic mass is 10.1. The number of amides is 1. The third kappa shape index (κ3) is 3.30. The predicted octanol–water partition coefficient (Wildman–Crippen LogP) is 1.17. The molecule has 0 saturated carbocycles. The smallest absolute Gasteiger partial charge is 0.253 e. The zero-order chi connectivity index (χ0) is 13.8. The molecule has 1 fully saturated rings. The highest BCUT2D eigenvalue weighted by atomic mass is 32.1. The van der Waals surface area contributed by atoms with Crippen LogP contribution in [0, 0.1) is 5.92 Å². The molecule has 1 unspecified atom stereocenters. The van der Waals surface area contributed by atoms with Gasteiger partial charge in [0.25, 0.3) is 5.91 Å². The SMILES string of the molecule is NC(=S)c1cccc(C(=O)N2CCC(CCO)C2)c1. The van der Waals surface area contributed by atoms with E-state index in [-0.39, 0.29) is 12.5 Å². The predicted molar refractivity (Wildman–Crippen MR) is 78.0 cm³/mol. The van der Waals surface area contributed by atoms with E-state index in [9.17, 15) is 4.79 Å². The second-order valence-electron chi connectivity index (χ2n) is 4.86. The van der Waals surface area contributed by atoms with E-state index in [1.807, 2.05) is 4.90 Å². The molecule has 3 N–H and O–H groups in total. The number of carbonyl (C=O) groups excluding carboxylic acids is 1. The van der Waals surface area contributed by atoms with Gasteiger partial charge in [-0.05, 0) is 30.9 Å². The number of carbonyl (C=O) groups is 1. The molecule has 0 aliphatic carbocycles. The molecule has 5 heteroatoms. The zero-order valence-electron chi connectivity index (χ0n) is 10.7. The molecular weight excluding hydrogens is 260 g/mol. The van der Waals surface area contributed by atoms with Crippen molar-refractivity contribution < 1.29 is 9.90 Å². The minimum absolute atomic E-state index is 0.0125. The first kappa shape index (κ1) is 14.0. The molecule has 0 bridgehead atoms. The number of hydrogen-bond acceptors (Lipinski definition) is 3. The van der Waals surface area contributed by atoms with Crippen molar-refractivity contribution in [2.75, 3.05) is 19.7 Å². The highest BCUT2D eigenvalue weighted by Gasteiger charge is 2.26. The van der Waals surface area contributed by atoms with Gasteiger partial charge in [-0.2, -0.15) is 0 Å². The van der Waals surface area contributed by atoms with Crippen LogP contribution in [0.4, 0.5) is 0 Å². The van der Waals surface area contributed by atoms with Crippen LogP contribution < -0.4 is 5.73 Å². The molecule has 1 amide bonds. The molecule has 19 heavy (non-hydrogen) atoms. The monoisotopic (exact) mass is 278 g/mol. The molecule has 4 nitrogen and oxygen atoms in total. The summed E-state index contributed by atoms with van der Waals surface area (Å²) in [6, 6.07) is 7.12. The van der Waals surface area contributed by atoms with Gasteiger partial charge < -0.3 is 15.7 Å². The van der Waals surface area contributed by atoms with Gasteiger partial charge in [0.1, 0.15) is 4.99 Å². The van der Waals surface area contributed by atoms with Crippen LogP contribution in [0.1, 0.15) is 28.8 Å². The molecule has 1 aliphatic heterocycles. The molecule has 0 radical (unpaired) electrons. The Labute approximate surface area is 118 Å². The largest absolute Gasteiger partial charge is 0.396 e. The summed E-state index contributed by atoms with van der Waals surface area (Å²) in [5.74, 6) is 0.422. The van der Waals surface area contributed by atoms with Crippen LogP contribution in [0.25, 0.3) is 0 Å². The Bertz CT molecular complexity index is 490. The van der Waals surface area contributed by atoms with Crippen LogP contribution in [0.5, 0.6) is 0 Å². The highest BCUT2D eigenvalue weighted by Crippen LogP contribution is 2.21. The van der Waals surface area contributed by atoms with E-state index in [0.29, 0.717) is 22.0 Å². The molecule has 1 atom stereocenters. The van der Waals surface area contributed by atoms with Crippen molar-refractivity contribution in [3.8, 4) is 0 Å². The molecule has 1 heterocycles. The van der Waals surface area contributed by atoms with E-state index in [1.165, 1.54) is 0 Å². The maximum Gasteiger partial charge on any atom is 0.253 e. The van der Waals surface area contributed by atoms with Crippen molar-refractivity contribution in [3.05, 3.63) is 35.4 Å². The molecule has 0 spiro atoms. The highest BCUT2D eigenvalue weighted by molar-refractivity contribution is 7.80. The number of rotatable bonds is 4. The molecule has 0 aromatic heterocycles. The summed E-state index contributed by atoms with van der Waals surface area (Å²) in [7, 11) is 0. The summed E-state index contributed by atoms with van der Waals surface area (Å²) in [6.07, 6.45) is 1.72. The number of aliphatic hydroxyl groups is 1. The first-order chi connectivity index (χ1) is 9.11. The Hall–Kier alpha value is -1.46. The fourth-order valence-electron chi connectivity index (χ4n) is 2.42. The summed E-state index contributed by atoms with van der Waals surface area (Å²) >= 11 is 4.92. The van der Waals surface area contributed by atoms with Crippen molar-refractivity contribution in [2.24, 2.45) is 11.7 Å². The molecule has 1 aliphatic rings. The normalized spacial score (nSPS) is 18.6. The van der Waals surface area contributed by atoms with Crippen LogP contribution >= 0.6 is 12.2 Å². The van der Waals surface area contributed by atoms with Gasteiger partial charge in [-0.1, -0.05) is 24.4 Å². The van der Waals surface area contributed by atoms with Crippen LogP contribution in [0.15, 0.2) is 24.3 Å².